The molecule has 108 valence electrons. The van der Waals surface area contributed by atoms with E-state index in [0.29, 0.717) is 18.0 Å². The van der Waals surface area contributed by atoms with E-state index in [1.807, 2.05) is 24.4 Å². The number of carbonyl (C=O) groups is 1. The fourth-order valence-corrected chi connectivity index (χ4v) is 2.46. The average molecular weight is 324 g/mol. The highest BCUT2D eigenvalue weighted by Gasteiger charge is 2.14. The molecule has 0 fully saturated rings. The minimum atomic E-state index is -0.355. The first-order chi connectivity index (χ1) is 10.1. The highest BCUT2D eigenvalue weighted by Crippen LogP contribution is 2.22. The van der Waals surface area contributed by atoms with Gasteiger partial charge in [0.25, 0.3) is 5.91 Å². The lowest BCUT2D eigenvalue weighted by atomic mass is 10.1. The number of rotatable bonds is 4. The first kappa shape index (κ1) is 14.0. The third kappa shape index (κ3) is 2.89. The Morgan fingerprint density at radius 2 is 2.24 bits per heavy atom. The van der Waals surface area contributed by atoms with Crippen molar-refractivity contribution in [1.29, 1.82) is 0 Å². The van der Waals surface area contributed by atoms with Crippen molar-refractivity contribution in [2.75, 3.05) is 6.54 Å². The molecule has 5 nitrogen and oxygen atoms in total. The SMILES string of the molecule is O=C(NCCc1c[nH]c2ccc(Cl)cc12)c1nocc1Cl. The largest absolute Gasteiger partial charge is 0.362 e. The molecule has 0 spiro atoms. The summed E-state index contributed by atoms with van der Waals surface area (Å²) in [6.07, 6.45) is 3.80. The number of amides is 1. The van der Waals surface area contributed by atoms with Crippen molar-refractivity contribution >= 4 is 40.0 Å². The average Bonchev–Trinajstić information content (AvgIpc) is 3.05. The predicted molar refractivity (Wildman–Crippen MR) is 80.9 cm³/mol. The molecule has 2 heterocycles. The molecule has 0 aliphatic carbocycles. The highest BCUT2D eigenvalue weighted by molar-refractivity contribution is 6.33. The van der Waals surface area contributed by atoms with Crippen molar-refractivity contribution in [3.05, 3.63) is 52.0 Å². The fourth-order valence-electron chi connectivity index (χ4n) is 2.13. The lowest BCUT2D eigenvalue weighted by Gasteiger charge is -2.03. The number of aromatic nitrogens is 2. The van der Waals surface area contributed by atoms with Gasteiger partial charge >= 0.3 is 0 Å². The molecule has 21 heavy (non-hydrogen) atoms. The highest BCUT2D eigenvalue weighted by atomic mass is 35.5. The monoisotopic (exact) mass is 323 g/mol. The van der Waals surface area contributed by atoms with Gasteiger partial charge in [0.2, 0.25) is 0 Å². The lowest BCUT2D eigenvalue weighted by molar-refractivity contribution is 0.0945. The number of nitrogens with one attached hydrogen (secondary N) is 2. The van der Waals surface area contributed by atoms with Crippen molar-refractivity contribution in [3.63, 3.8) is 0 Å². The molecule has 2 N–H and O–H groups in total. The Balaban J connectivity index is 1.66. The summed E-state index contributed by atoms with van der Waals surface area (Å²) in [6.45, 7) is 0.460. The van der Waals surface area contributed by atoms with E-state index < -0.39 is 0 Å². The molecule has 0 atom stereocenters. The van der Waals surface area contributed by atoms with Crippen LogP contribution in [0, 0.1) is 0 Å². The zero-order chi connectivity index (χ0) is 14.8. The summed E-state index contributed by atoms with van der Waals surface area (Å²) < 4.78 is 4.63. The quantitative estimate of drug-likeness (QED) is 0.772. The maximum Gasteiger partial charge on any atom is 0.275 e. The summed E-state index contributed by atoms with van der Waals surface area (Å²) >= 11 is 11.8. The summed E-state index contributed by atoms with van der Waals surface area (Å²) in [5, 5.41) is 8.24. The Labute approximate surface area is 130 Å². The van der Waals surface area contributed by atoms with E-state index in [-0.39, 0.29) is 16.6 Å². The van der Waals surface area contributed by atoms with Crippen LogP contribution >= 0.6 is 23.2 Å². The van der Waals surface area contributed by atoms with Crippen LogP contribution in [0.15, 0.2) is 35.2 Å². The van der Waals surface area contributed by atoms with Crippen LogP contribution in [-0.4, -0.2) is 22.6 Å². The number of fused-ring (bicyclic) bond motifs is 1. The molecular formula is C14H11Cl2N3O2. The minimum Gasteiger partial charge on any atom is -0.362 e. The molecule has 0 aliphatic heterocycles. The molecule has 0 unspecified atom stereocenters. The molecule has 0 radical (unpaired) electrons. The van der Waals surface area contributed by atoms with Gasteiger partial charge in [0.05, 0.1) is 0 Å². The summed E-state index contributed by atoms with van der Waals surface area (Å²) in [7, 11) is 0. The Bertz CT molecular complexity index is 794. The van der Waals surface area contributed by atoms with Crippen LogP contribution < -0.4 is 5.32 Å². The maximum atomic E-state index is 11.8. The van der Waals surface area contributed by atoms with Crippen LogP contribution in [-0.2, 0) is 6.42 Å². The molecule has 2 aromatic heterocycles. The lowest BCUT2D eigenvalue weighted by Crippen LogP contribution is -2.26. The number of H-pyrrole nitrogens is 1. The van der Waals surface area contributed by atoms with E-state index in [1.54, 1.807) is 0 Å². The molecule has 0 saturated carbocycles. The number of carbonyl (C=O) groups excluding carboxylic acids is 1. The molecule has 1 amide bonds. The third-order valence-electron chi connectivity index (χ3n) is 3.15. The van der Waals surface area contributed by atoms with Crippen LogP contribution in [0.5, 0.6) is 0 Å². The van der Waals surface area contributed by atoms with Gasteiger partial charge < -0.3 is 14.8 Å². The molecular weight excluding hydrogens is 313 g/mol. The maximum absolute atomic E-state index is 11.8. The Morgan fingerprint density at radius 3 is 3.00 bits per heavy atom. The van der Waals surface area contributed by atoms with Gasteiger partial charge in [-0.25, -0.2) is 0 Å². The van der Waals surface area contributed by atoms with E-state index in [2.05, 4.69) is 20.0 Å². The van der Waals surface area contributed by atoms with Gasteiger partial charge in [-0.2, -0.15) is 0 Å². The Hall–Kier alpha value is -1.98. The van der Waals surface area contributed by atoms with Crippen molar-refractivity contribution in [3.8, 4) is 0 Å². The molecule has 3 aromatic rings. The van der Waals surface area contributed by atoms with Crippen LogP contribution in [0.4, 0.5) is 0 Å². The number of nitrogens with zero attached hydrogens (tertiary/aromatic N) is 1. The molecule has 1 aromatic carbocycles. The van der Waals surface area contributed by atoms with Crippen molar-refractivity contribution in [2.24, 2.45) is 0 Å². The second kappa shape index (κ2) is 5.79. The van der Waals surface area contributed by atoms with E-state index in [4.69, 9.17) is 23.2 Å². The van der Waals surface area contributed by atoms with Crippen LogP contribution in [0.25, 0.3) is 10.9 Å². The van der Waals surface area contributed by atoms with Gasteiger partial charge in [-0.15, -0.1) is 0 Å². The second-order valence-corrected chi connectivity index (χ2v) is 5.36. The topological polar surface area (TPSA) is 70.9 Å². The first-order valence-electron chi connectivity index (χ1n) is 6.29. The summed E-state index contributed by atoms with van der Waals surface area (Å²) in [6, 6.07) is 5.66. The van der Waals surface area contributed by atoms with Crippen LogP contribution in [0.2, 0.25) is 10.0 Å². The van der Waals surface area contributed by atoms with Gasteiger partial charge in [-0.3, -0.25) is 4.79 Å². The number of hydrogen-bond donors (Lipinski definition) is 2. The van der Waals surface area contributed by atoms with Gasteiger partial charge in [0, 0.05) is 28.7 Å². The van der Waals surface area contributed by atoms with Gasteiger partial charge in [-0.1, -0.05) is 28.4 Å². The van der Waals surface area contributed by atoms with E-state index in [1.165, 1.54) is 6.26 Å². The Morgan fingerprint density at radius 1 is 1.38 bits per heavy atom. The number of benzene rings is 1. The molecule has 3 rings (SSSR count). The normalized spacial score (nSPS) is 11.0. The van der Waals surface area contributed by atoms with Crippen LogP contribution in [0.3, 0.4) is 0 Å². The first-order valence-corrected chi connectivity index (χ1v) is 7.04. The predicted octanol–water partition coefficient (Wildman–Crippen LogP) is 3.44. The number of hydrogen-bond acceptors (Lipinski definition) is 3. The van der Waals surface area contributed by atoms with E-state index in [0.717, 1.165) is 16.5 Å². The minimum absolute atomic E-state index is 0.0960. The van der Waals surface area contributed by atoms with Gasteiger partial charge in [-0.05, 0) is 30.2 Å². The van der Waals surface area contributed by atoms with E-state index in [9.17, 15) is 4.79 Å². The fraction of sp³-hybridized carbons (Fsp3) is 0.143. The zero-order valence-corrected chi connectivity index (χ0v) is 12.3. The zero-order valence-electron chi connectivity index (χ0n) is 10.8. The molecule has 7 heteroatoms. The summed E-state index contributed by atoms with van der Waals surface area (Å²) in [5.74, 6) is -0.355. The smallest absolute Gasteiger partial charge is 0.275 e. The second-order valence-electron chi connectivity index (χ2n) is 4.52. The van der Waals surface area contributed by atoms with Crippen molar-refractivity contribution in [1.82, 2.24) is 15.5 Å². The van der Waals surface area contributed by atoms with Gasteiger partial charge in [0.1, 0.15) is 11.3 Å². The van der Waals surface area contributed by atoms with E-state index >= 15 is 0 Å². The molecule has 0 aliphatic rings. The number of halogens is 2. The number of aromatic amines is 1. The summed E-state index contributed by atoms with van der Waals surface area (Å²) in [4.78, 5) is 15.0. The van der Waals surface area contributed by atoms with Gasteiger partial charge in [0.15, 0.2) is 5.69 Å². The Kier molecular flexibility index (Phi) is 3.86. The third-order valence-corrected chi connectivity index (χ3v) is 3.65. The van der Waals surface area contributed by atoms with Crippen molar-refractivity contribution < 1.29 is 9.32 Å². The molecule has 0 saturated heterocycles. The molecule has 0 bridgehead atoms. The van der Waals surface area contributed by atoms with Crippen LogP contribution in [0.1, 0.15) is 16.1 Å². The summed E-state index contributed by atoms with van der Waals surface area (Å²) in [5.41, 5.74) is 2.19. The standard InChI is InChI=1S/C14H11Cl2N3O2/c15-9-1-2-12-10(5-9)8(6-18-12)3-4-17-14(20)13-11(16)7-21-19-13/h1-2,5-7,18H,3-4H2,(H,17,20). The van der Waals surface area contributed by atoms with Crippen molar-refractivity contribution in [2.45, 2.75) is 6.42 Å².